The van der Waals surface area contributed by atoms with Crippen LogP contribution in [0.1, 0.15) is 39.1 Å². The largest absolute Gasteiger partial charge is 0.495 e. The molecule has 4 rings (SSSR count). The van der Waals surface area contributed by atoms with Gasteiger partial charge in [-0.3, -0.25) is 14.3 Å². The number of rotatable bonds is 8. The van der Waals surface area contributed by atoms with E-state index in [4.69, 9.17) is 4.74 Å². The number of anilines is 2. The second-order valence-corrected chi connectivity index (χ2v) is 9.75. The number of benzene rings is 3. The van der Waals surface area contributed by atoms with Crippen molar-refractivity contribution >= 4 is 33.2 Å². The smallest absolute Gasteiger partial charge is 0.262 e. The molecule has 0 radical (unpaired) electrons. The lowest BCUT2D eigenvalue weighted by Gasteiger charge is -2.13. The SMILES string of the molecule is COc1ccccc1NS(=O)(=O)c1cccc(C(=O)Nc2cc(C(=O)NC3CC3)ccc2C)c1. The first-order chi connectivity index (χ1) is 16.3. The number of hydrogen-bond donors (Lipinski definition) is 3. The lowest BCUT2D eigenvalue weighted by molar-refractivity contribution is 0.0949. The van der Waals surface area contributed by atoms with Crippen LogP contribution in [0.4, 0.5) is 11.4 Å². The molecule has 0 aromatic heterocycles. The predicted octanol–water partition coefficient (Wildman–Crippen LogP) is 3.95. The van der Waals surface area contributed by atoms with Crippen molar-refractivity contribution in [1.82, 2.24) is 5.32 Å². The van der Waals surface area contributed by atoms with Crippen LogP contribution in [0.15, 0.2) is 71.6 Å². The third kappa shape index (κ3) is 5.37. The van der Waals surface area contributed by atoms with E-state index in [1.54, 1.807) is 42.5 Å². The topological polar surface area (TPSA) is 114 Å². The van der Waals surface area contributed by atoms with Crippen LogP contribution >= 0.6 is 0 Å². The molecule has 0 unspecified atom stereocenters. The van der Waals surface area contributed by atoms with Crippen LogP contribution < -0.4 is 20.1 Å². The van der Waals surface area contributed by atoms with Crippen molar-refractivity contribution in [1.29, 1.82) is 0 Å². The van der Waals surface area contributed by atoms with Gasteiger partial charge in [0.15, 0.2) is 0 Å². The second-order valence-electron chi connectivity index (χ2n) is 8.07. The first kappa shape index (κ1) is 23.3. The van der Waals surface area contributed by atoms with Crippen LogP contribution in [0.3, 0.4) is 0 Å². The molecular weight excluding hydrogens is 454 g/mol. The number of sulfonamides is 1. The highest BCUT2D eigenvalue weighted by atomic mass is 32.2. The molecule has 9 heteroatoms. The molecule has 8 nitrogen and oxygen atoms in total. The van der Waals surface area contributed by atoms with Crippen LogP contribution in [0.2, 0.25) is 0 Å². The first-order valence-corrected chi connectivity index (χ1v) is 12.2. The Morgan fingerprint density at radius 2 is 1.62 bits per heavy atom. The number of ether oxygens (including phenoxy) is 1. The van der Waals surface area contributed by atoms with Gasteiger partial charge < -0.3 is 15.4 Å². The molecule has 34 heavy (non-hydrogen) atoms. The molecule has 176 valence electrons. The van der Waals surface area contributed by atoms with Gasteiger partial charge in [0.1, 0.15) is 5.75 Å². The molecule has 0 aliphatic heterocycles. The Hall–Kier alpha value is -3.85. The van der Waals surface area contributed by atoms with Gasteiger partial charge in [-0.2, -0.15) is 0 Å². The number of nitrogens with one attached hydrogen (secondary N) is 3. The Morgan fingerprint density at radius 3 is 2.35 bits per heavy atom. The molecule has 0 heterocycles. The monoisotopic (exact) mass is 479 g/mol. The minimum Gasteiger partial charge on any atom is -0.495 e. The summed E-state index contributed by atoms with van der Waals surface area (Å²) in [7, 11) is -2.52. The molecule has 1 fully saturated rings. The summed E-state index contributed by atoms with van der Waals surface area (Å²) in [4.78, 5) is 25.2. The molecule has 0 spiro atoms. The fourth-order valence-electron chi connectivity index (χ4n) is 3.33. The van der Waals surface area contributed by atoms with Gasteiger partial charge in [0, 0.05) is 22.9 Å². The summed E-state index contributed by atoms with van der Waals surface area (Å²) < 4.78 is 33.5. The number of aryl methyl sites for hydroxylation is 1. The molecule has 2 amide bonds. The lowest BCUT2D eigenvalue weighted by Crippen LogP contribution is -2.25. The molecule has 0 saturated heterocycles. The molecule has 3 aromatic carbocycles. The summed E-state index contributed by atoms with van der Waals surface area (Å²) in [6, 6.07) is 17.7. The van der Waals surface area contributed by atoms with E-state index in [1.165, 1.54) is 31.4 Å². The van der Waals surface area contributed by atoms with E-state index in [0.29, 0.717) is 17.0 Å². The minimum absolute atomic E-state index is 0.0691. The number of amides is 2. The highest BCUT2D eigenvalue weighted by molar-refractivity contribution is 7.92. The van der Waals surface area contributed by atoms with Gasteiger partial charge in [0.25, 0.3) is 21.8 Å². The molecular formula is C25H25N3O5S. The van der Waals surface area contributed by atoms with Crippen molar-refractivity contribution in [2.45, 2.75) is 30.7 Å². The summed E-state index contributed by atoms with van der Waals surface area (Å²) in [5.41, 5.74) is 2.16. The van der Waals surface area contributed by atoms with Gasteiger partial charge in [-0.25, -0.2) is 8.42 Å². The van der Waals surface area contributed by atoms with Crippen LogP contribution in [-0.2, 0) is 10.0 Å². The number of methoxy groups -OCH3 is 1. The zero-order chi connectivity index (χ0) is 24.3. The fourth-order valence-corrected chi connectivity index (χ4v) is 4.44. The zero-order valence-electron chi connectivity index (χ0n) is 18.8. The van der Waals surface area contributed by atoms with Crippen molar-refractivity contribution in [3.05, 3.63) is 83.4 Å². The average molecular weight is 480 g/mol. The quantitative estimate of drug-likeness (QED) is 0.453. The first-order valence-electron chi connectivity index (χ1n) is 10.8. The third-order valence-electron chi connectivity index (χ3n) is 5.42. The Morgan fingerprint density at radius 1 is 0.882 bits per heavy atom. The maximum Gasteiger partial charge on any atom is 0.262 e. The van der Waals surface area contributed by atoms with Gasteiger partial charge in [0.05, 0.1) is 17.7 Å². The summed E-state index contributed by atoms with van der Waals surface area (Å²) in [6.07, 6.45) is 1.96. The predicted molar refractivity (Wildman–Crippen MR) is 130 cm³/mol. The van der Waals surface area contributed by atoms with Crippen molar-refractivity contribution in [3.63, 3.8) is 0 Å². The van der Waals surface area contributed by atoms with Gasteiger partial charge in [-0.05, 0) is 67.8 Å². The van der Waals surface area contributed by atoms with Crippen LogP contribution in [0.5, 0.6) is 5.75 Å². The number of hydrogen-bond acceptors (Lipinski definition) is 5. The van der Waals surface area contributed by atoms with Crippen LogP contribution in [0, 0.1) is 6.92 Å². The van der Waals surface area contributed by atoms with Crippen LogP contribution in [-0.4, -0.2) is 33.4 Å². The lowest BCUT2D eigenvalue weighted by atomic mass is 10.1. The zero-order valence-corrected chi connectivity index (χ0v) is 19.6. The van der Waals surface area contributed by atoms with Gasteiger partial charge in [-0.15, -0.1) is 0 Å². The van der Waals surface area contributed by atoms with E-state index in [-0.39, 0.29) is 28.1 Å². The van der Waals surface area contributed by atoms with Crippen molar-refractivity contribution in [3.8, 4) is 5.75 Å². The van der Waals surface area contributed by atoms with Gasteiger partial charge in [-0.1, -0.05) is 24.3 Å². The van der Waals surface area contributed by atoms with E-state index < -0.39 is 15.9 Å². The molecule has 0 atom stereocenters. The number of carbonyl (C=O) groups is 2. The maximum absolute atomic E-state index is 12.9. The fraction of sp³-hybridized carbons (Fsp3) is 0.200. The summed E-state index contributed by atoms with van der Waals surface area (Å²) >= 11 is 0. The Kier molecular flexibility index (Phi) is 6.56. The van der Waals surface area contributed by atoms with E-state index in [9.17, 15) is 18.0 Å². The Balaban J connectivity index is 1.53. The normalized spacial score (nSPS) is 13.1. The average Bonchev–Trinajstić information content (AvgIpc) is 3.64. The van der Waals surface area contributed by atoms with Crippen LogP contribution in [0.25, 0.3) is 0 Å². The number of carbonyl (C=O) groups excluding carboxylic acids is 2. The van der Waals surface area contributed by atoms with E-state index >= 15 is 0 Å². The van der Waals surface area contributed by atoms with E-state index in [0.717, 1.165) is 18.4 Å². The highest BCUT2D eigenvalue weighted by Gasteiger charge is 2.24. The molecule has 1 aliphatic rings. The minimum atomic E-state index is -3.97. The molecule has 3 aromatic rings. The van der Waals surface area contributed by atoms with Crippen molar-refractivity contribution in [2.75, 3.05) is 17.1 Å². The highest BCUT2D eigenvalue weighted by Crippen LogP contribution is 2.27. The van der Waals surface area contributed by atoms with Crippen molar-refractivity contribution in [2.24, 2.45) is 0 Å². The molecule has 1 aliphatic carbocycles. The van der Waals surface area contributed by atoms with E-state index in [2.05, 4.69) is 15.4 Å². The Bertz CT molecular complexity index is 1350. The standard InChI is InChI=1S/C25H25N3O5S/c1-16-10-11-18(24(29)26-19-12-13-19)15-22(16)27-25(30)17-6-5-7-20(14-17)34(31,32)28-21-8-3-4-9-23(21)33-2/h3-11,14-15,19,28H,12-13H2,1-2H3,(H,26,29)(H,27,30). The molecule has 3 N–H and O–H groups in total. The maximum atomic E-state index is 12.9. The number of para-hydroxylation sites is 2. The summed E-state index contributed by atoms with van der Waals surface area (Å²) in [6.45, 7) is 1.82. The van der Waals surface area contributed by atoms with Gasteiger partial charge in [0.2, 0.25) is 0 Å². The van der Waals surface area contributed by atoms with Gasteiger partial charge >= 0.3 is 0 Å². The Labute approximate surface area is 198 Å². The summed E-state index contributed by atoms with van der Waals surface area (Å²) in [5.74, 6) is -0.299. The molecule has 0 bridgehead atoms. The summed E-state index contributed by atoms with van der Waals surface area (Å²) in [5, 5.41) is 5.70. The van der Waals surface area contributed by atoms with E-state index in [1.807, 2.05) is 6.92 Å². The molecule has 1 saturated carbocycles. The van der Waals surface area contributed by atoms with Crippen molar-refractivity contribution < 1.29 is 22.7 Å². The second kappa shape index (κ2) is 9.56. The third-order valence-corrected chi connectivity index (χ3v) is 6.78.